The minimum absolute atomic E-state index is 0.0990. The highest BCUT2D eigenvalue weighted by Crippen LogP contribution is 2.24. The number of hydrogen-bond acceptors (Lipinski definition) is 7. The Bertz CT molecular complexity index is 1380. The van der Waals surface area contributed by atoms with Crippen molar-refractivity contribution in [2.75, 3.05) is 10.0 Å². The van der Waals surface area contributed by atoms with Crippen molar-refractivity contribution in [2.24, 2.45) is 0 Å². The molecule has 4 rings (SSSR count). The van der Waals surface area contributed by atoms with Gasteiger partial charge in [0.1, 0.15) is 0 Å². The Morgan fingerprint density at radius 1 is 1.00 bits per heavy atom. The molecule has 0 radical (unpaired) electrons. The van der Waals surface area contributed by atoms with Gasteiger partial charge < -0.3 is 9.84 Å². The topological polar surface area (TPSA) is 127 Å². The molecule has 2 N–H and O–H groups in total. The quantitative estimate of drug-likeness (QED) is 0.391. The molecule has 0 spiro atoms. The third-order valence-electron chi connectivity index (χ3n) is 5.12. The predicted molar refractivity (Wildman–Crippen MR) is 128 cm³/mol. The maximum absolute atomic E-state index is 12.8. The highest BCUT2D eigenvalue weighted by Gasteiger charge is 2.17. The Hall–Kier alpha value is -4.05. The van der Waals surface area contributed by atoms with Crippen molar-refractivity contribution in [3.63, 3.8) is 0 Å². The number of aromatic nitrogens is 3. The first-order valence-corrected chi connectivity index (χ1v) is 12.0. The van der Waals surface area contributed by atoms with Crippen molar-refractivity contribution in [1.29, 1.82) is 0 Å². The van der Waals surface area contributed by atoms with Crippen LogP contribution in [0.5, 0.6) is 0 Å². The normalized spacial score (nSPS) is 11.2. The van der Waals surface area contributed by atoms with Gasteiger partial charge in [-0.3, -0.25) is 14.5 Å². The largest absolute Gasteiger partial charge is 0.339 e. The van der Waals surface area contributed by atoms with E-state index >= 15 is 0 Å². The molecule has 0 atom stereocenters. The van der Waals surface area contributed by atoms with Crippen LogP contribution in [0.2, 0.25) is 0 Å². The van der Waals surface area contributed by atoms with E-state index in [-0.39, 0.29) is 23.6 Å². The maximum Gasteiger partial charge on any atom is 0.261 e. The van der Waals surface area contributed by atoms with E-state index in [1.165, 1.54) is 12.1 Å². The van der Waals surface area contributed by atoms with Crippen LogP contribution in [0.15, 0.2) is 76.4 Å². The predicted octanol–water partition coefficient (Wildman–Crippen LogP) is 4.12. The Morgan fingerprint density at radius 3 is 2.41 bits per heavy atom. The number of nitrogens with one attached hydrogen (secondary N) is 2. The number of sulfonamides is 1. The van der Waals surface area contributed by atoms with Crippen molar-refractivity contribution in [3.8, 4) is 11.4 Å². The van der Waals surface area contributed by atoms with E-state index in [2.05, 4.69) is 25.2 Å². The second-order valence-electron chi connectivity index (χ2n) is 7.70. The van der Waals surface area contributed by atoms with Crippen LogP contribution < -0.4 is 10.0 Å². The monoisotopic (exact) mass is 477 g/mol. The minimum Gasteiger partial charge on any atom is -0.339 e. The number of para-hydroxylation sites is 1. The van der Waals surface area contributed by atoms with Gasteiger partial charge in [0.25, 0.3) is 10.0 Å². The molecule has 0 aliphatic rings. The van der Waals surface area contributed by atoms with Crippen molar-refractivity contribution >= 4 is 27.3 Å². The Morgan fingerprint density at radius 2 is 1.74 bits per heavy atom. The fourth-order valence-electron chi connectivity index (χ4n) is 3.30. The van der Waals surface area contributed by atoms with E-state index in [0.717, 1.165) is 16.7 Å². The summed E-state index contributed by atoms with van der Waals surface area (Å²) in [4.78, 5) is 20.7. The van der Waals surface area contributed by atoms with Crippen molar-refractivity contribution in [2.45, 2.75) is 31.6 Å². The zero-order chi connectivity index (χ0) is 24.1. The van der Waals surface area contributed by atoms with Crippen LogP contribution >= 0.6 is 0 Å². The zero-order valence-electron chi connectivity index (χ0n) is 18.6. The van der Waals surface area contributed by atoms with Gasteiger partial charge >= 0.3 is 0 Å². The maximum atomic E-state index is 12.8. The Kier molecular flexibility index (Phi) is 6.69. The highest BCUT2D eigenvalue weighted by atomic mass is 32.2. The summed E-state index contributed by atoms with van der Waals surface area (Å²) in [6.45, 7) is 3.69. The number of carbonyl (C=O) groups is 1. The number of pyridine rings is 1. The molecule has 0 aliphatic heterocycles. The van der Waals surface area contributed by atoms with Crippen LogP contribution in [0.3, 0.4) is 0 Å². The molecule has 0 bridgehead atoms. The molecule has 0 unspecified atom stereocenters. The molecule has 4 aromatic rings. The van der Waals surface area contributed by atoms with Crippen LogP contribution in [0, 0.1) is 13.8 Å². The Balaban J connectivity index is 1.34. The molecule has 0 fully saturated rings. The van der Waals surface area contributed by atoms with Gasteiger partial charge in [0.05, 0.1) is 10.6 Å². The first kappa shape index (κ1) is 23.1. The summed E-state index contributed by atoms with van der Waals surface area (Å²) in [7, 11) is -3.77. The summed E-state index contributed by atoms with van der Waals surface area (Å²) in [5.74, 6) is 0.494. The average molecular weight is 478 g/mol. The lowest BCUT2D eigenvalue weighted by Gasteiger charge is -2.13. The number of benzene rings is 2. The second kappa shape index (κ2) is 9.84. The lowest BCUT2D eigenvalue weighted by atomic mass is 10.1. The summed E-state index contributed by atoms with van der Waals surface area (Å²) in [6.07, 6.45) is 3.68. The fourth-order valence-corrected chi connectivity index (χ4v) is 4.50. The molecule has 0 saturated heterocycles. The van der Waals surface area contributed by atoms with Gasteiger partial charge in [-0.1, -0.05) is 23.4 Å². The molecular weight excluding hydrogens is 454 g/mol. The number of carbonyl (C=O) groups excluding carboxylic acids is 1. The van der Waals surface area contributed by atoms with Gasteiger partial charge in [-0.2, -0.15) is 4.98 Å². The molecule has 2 heterocycles. The summed E-state index contributed by atoms with van der Waals surface area (Å²) >= 11 is 0. The third-order valence-corrected chi connectivity index (χ3v) is 6.49. The molecule has 34 heavy (non-hydrogen) atoms. The van der Waals surface area contributed by atoms with E-state index < -0.39 is 10.0 Å². The van der Waals surface area contributed by atoms with Crippen LogP contribution in [0.25, 0.3) is 11.4 Å². The molecule has 9 nitrogen and oxygen atoms in total. The fraction of sp³-hybridized carbons (Fsp3) is 0.167. The minimum atomic E-state index is -3.77. The SMILES string of the molecule is Cc1cccc(C)c1NS(=O)(=O)c1ccc(NC(=O)CCc2nc(-c3cccnc3)no2)cc1. The van der Waals surface area contributed by atoms with Gasteiger partial charge in [-0.05, 0) is 61.4 Å². The number of amides is 1. The van der Waals surface area contributed by atoms with Crippen LogP contribution in [0.4, 0.5) is 11.4 Å². The van der Waals surface area contributed by atoms with Gasteiger partial charge in [-0.15, -0.1) is 0 Å². The van der Waals surface area contributed by atoms with Crippen molar-refractivity contribution < 1.29 is 17.7 Å². The van der Waals surface area contributed by atoms with E-state index in [4.69, 9.17) is 4.52 Å². The highest BCUT2D eigenvalue weighted by molar-refractivity contribution is 7.92. The summed E-state index contributed by atoms with van der Waals surface area (Å²) in [5, 5.41) is 6.64. The van der Waals surface area contributed by atoms with Gasteiger partial charge in [-0.25, -0.2) is 8.42 Å². The molecule has 2 aromatic heterocycles. The smallest absolute Gasteiger partial charge is 0.261 e. The summed E-state index contributed by atoms with van der Waals surface area (Å²) < 4.78 is 33.4. The average Bonchev–Trinajstić information content (AvgIpc) is 3.30. The van der Waals surface area contributed by atoms with Crippen LogP contribution in [-0.4, -0.2) is 29.4 Å². The zero-order valence-corrected chi connectivity index (χ0v) is 19.5. The van der Waals surface area contributed by atoms with Crippen LogP contribution in [-0.2, 0) is 21.2 Å². The number of nitrogens with zero attached hydrogens (tertiary/aromatic N) is 3. The molecule has 10 heteroatoms. The van der Waals surface area contributed by atoms with E-state index in [1.54, 1.807) is 30.6 Å². The van der Waals surface area contributed by atoms with Crippen molar-refractivity contribution in [1.82, 2.24) is 15.1 Å². The van der Waals surface area contributed by atoms with E-state index in [1.807, 2.05) is 38.1 Å². The molecular formula is C24H23N5O4S. The summed E-state index contributed by atoms with van der Waals surface area (Å²) in [6, 6.07) is 15.1. The number of hydrogen-bond donors (Lipinski definition) is 2. The van der Waals surface area contributed by atoms with Gasteiger partial charge in [0.2, 0.25) is 17.6 Å². The van der Waals surface area contributed by atoms with Gasteiger partial charge in [0, 0.05) is 36.5 Å². The lowest BCUT2D eigenvalue weighted by molar-refractivity contribution is -0.116. The molecule has 2 aromatic carbocycles. The first-order valence-electron chi connectivity index (χ1n) is 10.5. The first-order chi connectivity index (χ1) is 16.3. The molecule has 0 saturated carbocycles. The van der Waals surface area contributed by atoms with E-state index in [9.17, 15) is 13.2 Å². The molecule has 1 amide bonds. The van der Waals surface area contributed by atoms with E-state index in [0.29, 0.717) is 23.1 Å². The second-order valence-corrected chi connectivity index (χ2v) is 9.38. The third kappa shape index (κ3) is 5.46. The van der Waals surface area contributed by atoms with Crippen LogP contribution in [0.1, 0.15) is 23.4 Å². The summed E-state index contributed by atoms with van der Waals surface area (Å²) in [5.41, 5.74) is 3.44. The van der Waals surface area contributed by atoms with Crippen molar-refractivity contribution in [3.05, 3.63) is 84.0 Å². The molecule has 0 aliphatic carbocycles. The standard InChI is InChI=1S/C24H23N5O4S/c1-16-5-3-6-17(2)23(16)29-34(31,32)20-10-8-19(9-11-20)26-21(30)12-13-22-27-24(28-33-22)18-7-4-14-25-15-18/h3-11,14-15,29H,12-13H2,1-2H3,(H,26,30). The number of rotatable bonds is 8. The number of aryl methyl sites for hydroxylation is 3. The lowest BCUT2D eigenvalue weighted by Crippen LogP contribution is -2.15. The number of anilines is 2. The Labute approximate surface area is 197 Å². The molecule has 174 valence electrons. The van der Waals surface area contributed by atoms with Gasteiger partial charge in [0.15, 0.2) is 0 Å².